The van der Waals surface area contributed by atoms with Crippen LogP contribution in [0.25, 0.3) is 0 Å². The molecule has 0 saturated carbocycles. The van der Waals surface area contributed by atoms with Gasteiger partial charge in [-0.3, -0.25) is 13.9 Å². The molecule has 0 saturated heterocycles. The first-order valence-electron chi connectivity index (χ1n) is 12.1. The van der Waals surface area contributed by atoms with Crippen molar-refractivity contribution in [3.63, 3.8) is 0 Å². The highest BCUT2D eigenvalue weighted by Gasteiger charge is 2.33. The Morgan fingerprint density at radius 3 is 2.29 bits per heavy atom. The van der Waals surface area contributed by atoms with Crippen molar-refractivity contribution < 1.29 is 18.0 Å². The molecule has 7 nitrogen and oxygen atoms in total. The fraction of sp³-hybridized carbons (Fsp3) is 0.286. The van der Waals surface area contributed by atoms with Crippen molar-refractivity contribution in [2.24, 2.45) is 0 Å². The number of nitrogens with zero attached hydrogens (tertiary/aromatic N) is 2. The van der Waals surface area contributed by atoms with E-state index in [0.717, 1.165) is 26.2 Å². The second-order valence-electron chi connectivity index (χ2n) is 8.91. The summed E-state index contributed by atoms with van der Waals surface area (Å²) in [6.07, 6.45) is 1.31. The summed E-state index contributed by atoms with van der Waals surface area (Å²) in [6, 6.07) is 20.9. The summed E-state index contributed by atoms with van der Waals surface area (Å²) in [6.45, 7) is 3.52. The van der Waals surface area contributed by atoms with Gasteiger partial charge in [0.2, 0.25) is 21.8 Å². The van der Waals surface area contributed by atoms with Crippen LogP contribution in [0, 0.1) is 6.92 Å². The van der Waals surface area contributed by atoms with Crippen molar-refractivity contribution in [2.45, 2.75) is 32.9 Å². The molecule has 3 rings (SSSR count). The SMILES string of the molecule is CCNC(=O)C(Cc1ccccc1)N(Cc1cccc(Br)c1)C(=O)CN(c1cccc(Cl)c1C)S(C)(=O)=O. The molecule has 3 aromatic carbocycles. The molecule has 0 aliphatic heterocycles. The average Bonchev–Trinajstić information content (AvgIpc) is 2.86. The summed E-state index contributed by atoms with van der Waals surface area (Å²) in [5.74, 6) is -0.827. The molecule has 38 heavy (non-hydrogen) atoms. The summed E-state index contributed by atoms with van der Waals surface area (Å²) in [5.41, 5.74) is 2.52. The fourth-order valence-corrected chi connectivity index (χ4v) is 5.66. The minimum absolute atomic E-state index is 0.110. The number of carbonyl (C=O) groups excluding carboxylic acids is 2. The molecule has 0 bridgehead atoms. The van der Waals surface area contributed by atoms with Gasteiger partial charge in [0.25, 0.3) is 0 Å². The standard InChI is InChI=1S/C28H31BrClN3O4S/c1-4-31-28(35)26(17-21-10-6-5-7-11-21)32(18-22-12-8-13-23(29)16-22)27(34)19-33(38(3,36)37)25-15-9-14-24(30)20(25)2/h5-16,26H,4,17-19H2,1-3H3,(H,31,35). The first-order chi connectivity index (χ1) is 18.0. The van der Waals surface area contributed by atoms with Crippen molar-refractivity contribution in [2.75, 3.05) is 23.7 Å². The molecule has 0 aliphatic carbocycles. The second-order valence-corrected chi connectivity index (χ2v) is 12.1. The van der Waals surface area contributed by atoms with Crippen LogP contribution in [0.1, 0.15) is 23.6 Å². The second kappa shape index (κ2) is 13.3. The van der Waals surface area contributed by atoms with Gasteiger partial charge < -0.3 is 10.2 Å². The lowest BCUT2D eigenvalue weighted by molar-refractivity contribution is -0.140. The van der Waals surface area contributed by atoms with Gasteiger partial charge in [-0.15, -0.1) is 0 Å². The number of rotatable bonds is 11. The topological polar surface area (TPSA) is 86.8 Å². The van der Waals surface area contributed by atoms with Crippen molar-refractivity contribution in [1.29, 1.82) is 0 Å². The molecule has 0 heterocycles. The van der Waals surface area contributed by atoms with Crippen LogP contribution in [0.3, 0.4) is 0 Å². The van der Waals surface area contributed by atoms with Gasteiger partial charge in [-0.1, -0.05) is 76.1 Å². The van der Waals surface area contributed by atoms with Crippen LogP contribution in [0.15, 0.2) is 77.3 Å². The Morgan fingerprint density at radius 2 is 1.66 bits per heavy atom. The number of carbonyl (C=O) groups is 2. The maximum absolute atomic E-state index is 14.0. The van der Waals surface area contributed by atoms with Crippen molar-refractivity contribution in [3.8, 4) is 0 Å². The third-order valence-corrected chi connectivity index (χ3v) is 8.08. The quantitative estimate of drug-likeness (QED) is 0.329. The number of anilines is 1. The van der Waals surface area contributed by atoms with Gasteiger partial charge in [0.15, 0.2) is 0 Å². The van der Waals surface area contributed by atoms with Crippen LogP contribution < -0.4 is 9.62 Å². The van der Waals surface area contributed by atoms with E-state index in [1.807, 2.05) is 61.5 Å². The molecule has 2 amide bonds. The summed E-state index contributed by atoms with van der Waals surface area (Å²) >= 11 is 9.73. The molecular formula is C28H31BrClN3O4S. The lowest BCUT2D eigenvalue weighted by Crippen LogP contribution is -2.53. The summed E-state index contributed by atoms with van der Waals surface area (Å²) < 4.78 is 27.6. The van der Waals surface area contributed by atoms with Crippen molar-refractivity contribution >= 4 is 55.1 Å². The highest BCUT2D eigenvalue weighted by molar-refractivity contribution is 9.10. The van der Waals surface area contributed by atoms with E-state index < -0.39 is 28.5 Å². The Bertz CT molecular complexity index is 1390. The molecule has 0 spiro atoms. The third kappa shape index (κ3) is 7.82. The van der Waals surface area contributed by atoms with E-state index in [1.54, 1.807) is 25.1 Å². The molecule has 0 radical (unpaired) electrons. The molecule has 202 valence electrons. The predicted octanol–water partition coefficient (Wildman–Crippen LogP) is 4.95. The van der Waals surface area contributed by atoms with Gasteiger partial charge in [-0.05, 0) is 54.8 Å². The maximum atomic E-state index is 14.0. The van der Waals surface area contributed by atoms with Gasteiger partial charge in [-0.2, -0.15) is 0 Å². The lowest BCUT2D eigenvalue weighted by atomic mass is 10.0. The Morgan fingerprint density at radius 1 is 1.00 bits per heavy atom. The first kappa shape index (κ1) is 29.7. The molecule has 10 heteroatoms. The van der Waals surface area contributed by atoms with Crippen molar-refractivity contribution in [3.05, 3.63) is 99.0 Å². The first-order valence-corrected chi connectivity index (χ1v) is 15.1. The van der Waals surface area contributed by atoms with Crippen molar-refractivity contribution in [1.82, 2.24) is 10.2 Å². The fourth-order valence-electron chi connectivity index (χ4n) is 4.14. The molecule has 1 atom stereocenters. The Hall–Kier alpha value is -2.88. The van der Waals surface area contributed by atoms with Crippen LogP contribution in [0.5, 0.6) is 0 Å². The zero-order chi connectivity index (χ0) is 27.9. The number of likely N-dealkylation sites (N-methyl/N-ethyl adjacent to an activating group) is 1. The monoisotopic (exact) mass is 619 g/mol. The van der Waals surface area contributed by atoms with Crippen LogP contribution in [-0.4, -0.2) is 50.5 Å². The zero-order valence-electron chi connectivity index (χ0n) is 21.5. The summed E-state index contributed by atoms with van der Waals surface area (Å²) in [5, 5.41) is 3.23. The molecule has 1 unspecified atom stereocenters. The van der Waals surface area contributed by atoms with Gasteiger partial charge >= 0.3 is 0 Å². The zero-order valence-corrected chi connectivity index (χ0v) is 24.7. The van der Waals surface area contributed by atoms with Crippen LogP contribution in [0.2, 0.25) is 5.02 Å². The van der Waals surface area contributed by atoms with E-state index in [4.69, 9.17) is 11.6 Å². The van der Waals surface area contributed by atoms with Crippen LogP contribution in [-0.2, 0) is 32.6 Å². The molecule has 0 aliphatic rings. The number of benzene rings is 3. The maximum Gasteiger partial charge on any atom is 0.244 e. The average molecular weight is 621 g/mol. The lowest BCUT2D eigenvalue weighted by Gasteiger charge is -2.33. The van der Waals surface area contributed by atoms with E-state index in [1.165, 1.54) is 4.90 Å². The molecule has 0 fully saturated rings. The largest absolute Gasteiger partial charge is 0.355 e. The third-order valence-electron chi connectivity index (χ3n) is 6.05. The van der Waals surface area contributed by atoms with E-state index in [2.05, 4.69) is 21.2 Å². The number of hydrogen-bond donors (Lipinski definition) is 1. The number of sulfonamides is 1. The minimum Gasteiger partial charge on any atom is -0.355 e. The van der Waals surface area contributed by atoms with Gasteiger partial charge in [0, 0.05) is 29.0 Å². The van der Waals surface area contributed by atoms with E-state index >= 15 is 0 Å². The normalized spacial score (nSPS) is 12.0. The highest BCUT2D eigenvalue weighted by atomic mass is 79.9. The number of nitrogens with one attached hydrogen (secondary N) is 1. The number of halogens is 2. The molecule has 1 N–H and O–H groups in total. The Kier molecular flexibility index (Phi) is 10.4. The molecule has 0 aromatic heterocycles. The van der Waals surface area contributed by atoms with Crippen LogP contribution in [0.4, 0.5) is 5.69 Å². The van der Waals surface area contributed by atoms with E-state index in [0.29, 0.717) is 22.8 Å². The number of hydrogen-bond acceptors (Lipinski definition) is 4. The minimum atomic E-state index is -3.86. The number of amides is 2. The van der Waals surface area contributed by atoms with Gasteiger partial charge in [0.1, 0.15) is 12.6 Å². The Labute approximate surface area is 238 Å². The van der Waals surface area contributed by atoms with E-state index in [-0.39, 0.29) is 18.9 Å². The smallest absolute Gasteiger partial charge is 0.244 e. The van der Waals surface area contributed by atoms with E-state index in [9.17, 15) is 18.0 Å². The summed E-state index contributed by atoms with van der Waals surface area (Å²) in [7, 11) is -3.86. The predicted molar refractivity (Wildman–Crippen MR) is 156 cm³/mol. The van der Waals surface area contributed by atoms with Gasteiger partial charge in [0.05, 0.1) is 11.9 Å². The van der Waals surface area contributed by atoms with Gasteiger partial charge in [-0.25, -0.2) is 8.42 Å². The highest BCUT2D eigenvalue weighted by Crippen LogP contribution is 2.28. The molecular weight excluding hydrogens is 590 g/mol. The van der Waals surface area contributed by atoms with Crippen LogP contribution >= 0.6 is 27.5 Å². The summed E-state index contributed by atoms with van der Waals surface area (Å²) in [4.78, 5) is 28.8. The Balaban J connectivity index is 2.07. The molecule has 3 aromatic rings.